The number of rotatable bonds is 0. The molecular formula is C6H10FN. The molecule has 2 heteroatoms. The smallest absolute Gasteiger partial charge is 0.108 e. The quantitative estimate of drug-likeness (QED) is 0.490. The lowest BCUT2D eigenvalue weighted by atomic mass is 10.1. The maximum atomic E-state index is 12.4. The number of halogens is 1. The van der Waals surface area contributed by atoms with Crippen LogP contribution >= 0.6 is 0 Å². The SMILES string of the molecule is FC1CC12CCNC2. The molecule has 1 N–H and O–H groups in total. The highest BCUT2D eigenvalue weighted by molar-refractivity contribution is 5.07. The molecule has 0 radical (unpaired) electrons. The average Bonchev–Trinajstić information content (AvgIpc) is 2.29. The van der Waals surface area contributed by atoms with Crippen molar-refractivity contribution < 1.29 is 4.39 Å². The van der Waals surface area contributed by atoms with Gasteiger partial charge in [0.05, 0.1) is 0 Å². The molecular weight excluding hydrogens is 105 g/mol. The maximum Gasteiger partial charge on any atom is 0.108 e. The second kappa shape index (κ2) is 1.24. The first kappa shape index (κ1) is 4.74. The molecule has 1 spiro atoms. The maximum absolute atomic E-state index is 12.4. The van der Waals surface area contributed by atoms with Crippen LogP contribution in [0.4, 0.5) is 4.39 Å². The minimum Gasteiger partial charge on any atom is -0.316 e. The molecule has 2 atom stereocenters. The molecule has 1 saturated carbocycles. The Hall–Kier alpha value is -0.110. The zero-order chi connectivity index (χ0) is 5.61. The minimum absolute atomic E-state index is 0.125. The molecule has 2 aliphatic rings. The Balaban J connectivity index is 2.06. The molecule has 0 aromatic carbocycles. The van der Waals surface area contributed by atoms with Crippen molar-refractivity contribution >= 4 is 0 Å². The van der Waals surface area contributed by atoms with E-state index in [0.717, 1.165) is 25.9 Å². The van der Waals surface area contributed by atoms with Crippen molar-refractivity contribution in [3.8, 4) is 0 Å². The molecule has 46 valence electrons. The van der Waals surface area contributed by atoms with E-state index in [0.29, 0.717) is 0 Å². The van der Waals surface area contributed by atoms with Crippen LogP contribution in [0.3, 0.4) is 0 Å². The van der Waals surface area contributed by atoms with Crippen LogP contribution in [0.5, 0.6) is 0 Å². The summed E-state index contributed by atoms with van der Waals surface area (Å²) >= 11 is 0. The van der Waals surface area contributed by atoms with Crippen LogP contribution in [0.2, 0.25) is 0 Å². The van der Waals surface area contributed by atoms with Crippen LogP contribution in [-0.2, 0) is 0 Å². The molecule has 2 unspecified atom stereocenters. The summed E-state index contributed by atoms with van der Waals surface area (Å²) in [6, 6.07) is 0. The van der Waals surface area contributed by atoms with Crippen molar-refractivity contribution in [1.82, 2.24) is 5.32 Å². The van der Waals surface area contributed by atoms with Gasteiger partial charge in [-0.05, 0) is 19.4 Å². The standard InChI is InChI=1S/C6H10FN/c7-5-3-6(5)1-2-8-4-6/h5,8H,1-4H2. The van der Waals surface area contributed by atoms with Crippen LogP contribution in [0.15, 0.2) is 0 Å². The van der Waals surface area contributed by atoms with E-state index in [1.165, 1.54) is 0 Å². The van der Waals surface area contributed by atoms with E-state index < -0.39 is 6.17 Å². The number of hydrogen-bond acceptors (Lipinski definition) is 1. The average molecular weight is 115 g/mol. The molecule has 1 aliphatic carbocycles. The summed E-state index contributed by atoms with van der Waals surface area (Å²) in [5.74, 6) is 0. The van der Waals surface area contributed by atoms with Crippen LogP contribution in [0, 0.1) is 5.41 Å². The number of alkyl halides is 1. The lowest BCUT2D eigenvalue weighted by Crippen LogP contribution is -2.10. The van der Waals surface area contributed by atoms with E-state index >= 15 is 0 Å². The molecule has 1 aliphatic heterocycles. The Labute approximate surface area is 48.3 Å². The topological polar surface area (TPSA) is 12.0 Å². The zero-order valence-electron chi connectivity index (χ0n) is 4.78. The third-order valence-corrected chi connectivity index (χ3v) is 2.37. The molecule has 2 fully saturated rings. The van der Waals surface area contributed by atoms with Gasteiger partial charge in [-0.15, -0.1) is 0 Å². The van der Waals surface area contributed by atoms with Crippen molar-refractivity contribution in [2.75, 3.05) is 13.1 Å². The van der Waals surface area contributed by atoms with Gasteiger partial charge in [0.15, 0.2) is 0 Å². The van der Waals surface area contributed by atoms with Gasteiger partial charge in [0.1, 0.15) is 6.17 Å². The van der Waals surface area contributed by atoms with Gasteiger partial charge in [-0.3, -0.25) is 0 Å². The van der Waals surface area contributed by atoms with Gasteiger partial charge < -0.3 is 5.32 Å². The van der Waals surface area contributed by atoms with E-state index in [1.807, 2.05) is 0 Å². The van der Waals surface area contributed by atoms with Crippen molar-refractivity contribution in [2.24, 2.45) is 5.41 Å². The van der Waals surface area contributed by atoms with Gasteiger partial charge >= 0.3 is 0 Å². The highest BCUT2D eigenvalue weighted by Gasteiger charge is 2.56. The summed E-state index contributed by atoms with van der Waals surface area (Å²) < 4.78 is 12.4. The lowest BCUT2D eigenvalue weighted by Gasteiger charge is -1.98. The fourth-order valence-corrected chi connectivity index (χ4v) is 1.50. The van der Waals surface area contributed by atoms with E-state index in [-0.39, 0.29) is 5.41 Å². The summed E-state index contributed by atoms with van der Waals surface area (Å²) in [7, 11) is 0. The molecule has 0 aromatic heterocycles. The van der Waals surface area contributed by atoms with Crippen LogP contribution in [0.1, 0.15) is 12.8 Å². The largest absolute Gasteiger partial charge is 0.316 e. The van der Waals surface area contributed by atoms with Crippen LogP contribution in [0.25, 0.3) is 0 Å². The Morgan fingerprint density at radius 1 is 1.62 bits per heavy atom. The Kier molecular flexibility index (Phi) is 0.734. The van der Waals surface area contributed by atoms with Crippen molar-refractivity contribution in [1.29, 1.82) is 0 Å². The predicted molar refractivity (Wildman–Crippen MR) is 29.4 cm³/mol. The van der Waals surface area contributed by atoms with Crippen molar-refractivity contribution in [3.05, 3.63) is 0 Å². The summed E-state index contributed by atoms with van der Waals surface area (Å²) in [6.07, 6.45) is 1.41. The number of hydrogen-bond donors (Lipinski definition) is 1. The predicted octanol–water partition coefficient (Wildman–Crippen LogP) is 0.708. The van der Waals surface area contributed by atoms with Crippen molar-refractivity contribution in [2.45, 2.75) is 19.0 Å². The molecule has 0 amide bonds. The highest BCUT2D eigenvalue weighted by atomic mass is 19.1. The highest BCUT2D eigenvalue weighted by Crippen LogP contribution is 2.52. The van der Waals surface area contributed by atoms with E-state index in [1.54, 1.807) is 0 Å². The number of nitrogens with one attached hydrogen (secondary N) is 1. The normalized spacial score (nSPS) is 52.9. The van der Waals surface area contributed by atoms with Gasteiger partial charge in [-0.1, -0.05) is 0 Å². The van der Waals surface area contributed by atoms with E-state index in [4.69, 9.17) is 0 Å². The Morgan fingerprint density at radius 2 is 2.38 bits per heavy atom. The Bertz CT molecular complexity index is 107. The fourth-order valence-electron chi connectivity index (χ4n) is 1.50. The lowest BCUT2D eigenvalue weighted by molar-refractivity contribution is 0.377. The molecule has 8 heavy (non-hydrogen) atoms. The van der Waals surface area contributed by atoms with E-state index in [9.17, 15) is 4.39 Å². The van der Waals surface area contributed by atoms with Gasteiger partial charge in [0.25, 0.3) is 0 Å². The van der Waals surface area contributed by atoms with Crippen LogP contribution < -0.4 is 5.32 Å². The Morgan fingerprint density at radius 3 is 2.62 bits per heavy atom. The molecule has 1 nitrogen and oxygen atoms in total. The van der Waals surface area contributed by atoms with Gasteiger partial charge in [-0.2, -0.15) is 0 Å². The summed E-state index contributed by atoms with van der Waals surface area (Å²) in [5, 5.41) is 3.17. The summed E-state index contributed by atoms with van der Waals surface area (Å²) in [5.41, 5.74) is 0.125. The zero-order valence-corrected chi connectivity index (χ0v) is 4.78. The fraction of sp³-hybridized carbons (Fsp3) is 1.00. The van der Waals surface area contributed by atoms with Gasteiger partial charge in [-0.25, -0.2) is 4.39 Å². The van der Waals surface area contributed by atoms with Crippen molar-refractivity contribution in [3.63, 3.8) is 0 Å². The second-order valence-corrected chi connectivity index (χ2v) is 2.96. The molecule has 2 rings (SSSR count). The second-order valence-electron chi connectivity index (χ2n) is 2.96. The molecule has 1 saturated heterocycles. The monoisotopic (exact) mass is 115 g/mol. The third-order valence-electron chi connectivity index (χ3n) is 2.37. The third kappa shape index (κ3) is 0.440. The molecule has 0 aromatic rings. The summed E-state index contributed by atoms with van der Waals surface area (Å²) in [6.45, 7) is 1.95. The van der Waals surface area contributed by atoms with Gasteiger partial charge in [0.2, 0.25) is 0 Å². The molecule has 0 bridgehead atoms. The minimum atomic E-state index is -0.475. The first-order chi connectivity index (χ1) is 3.83. The first-order valence-electron chi connectivity index (χ1n) is 3.18. The van der Waals surface area contributed by atoms with Crippen LogP contribution in [-0.4, -0.2) is 19.3 Å². The first-order valence-corrected chi connectivity index (χ1v) is 3.18. The summed E-state index contributed by atoms with van der Waals surface area (Å²) in [4.78, 5) is 0. The van der Waals surface area contributed by atoms with Gasteiger partial charge in [0, 0.05) is 12.0 Å². The molecule has 1 heterocycles. The van der Waals surface area contributed by atoms with E-state index in [2.05, 4.69) is 5.32 Å².